The summed E-state index contributed by atoms with van der Waals surface area (Å²) in [5.74, 6) is 0.145. The number of rotatable bonds is 5. The Morgan fingerprint density at radius 3 is 2.44 bits per heavy atom. The van der Waals surface area contributed by atoms with E-state index in [0.717, 1.165) is 44.3 Å². The number of sulfonamides is 1. The number of hydrogen-bond donors (Lipinski definition) is 0. The molecule has 2 aliphatic heterocycles. The highest BCUT2D eigenvalue weighted by atomic mass is 32.2. The van der Waals surface area contributed by atoms with Crippen molar-refractivity contribution in [2.75, 3.05) is 26.2 Å². The number of carbonyl (C=O) groups excluding carboxylic acids is 1. The van der Waals surface area contributed by atoms with E-state index in [1.54, 1.807) is 22.9 Å². The number of fused-ring (bicyclic) bond motifs is 1. The lowest BCUT2D eigenvalue weighted by Crippen LogP contribution is -2.36. The van der Waals surface area contributed by atoms with E-state index in [4.69, 9.17) is 0 Å². The maximum absolute atomic E-state index is 12.7. The summed E-state index contributed by atoms with van der Waals surface area (Å²) in [5, 5.41) is 8.24. The summed E-state index contributed by atoms with van der Waals surface area (Å²) in [4.78, 5) is 14.5. The SMILES string of the molecule is O=C(CCn1nnc2cc(S(=O)(=O)N3CCCC3)ccc21)N1CCCCC1. The number of piperidine rings is 1. The Labute approximate surface area is 159 Å². The summed E-state index contributed by atoms with van der Waals surface area (Å²) in [6.07, 6.45) is 5.54. The quantitative estimate of drug-likeness (QED) is 0.773. The normalized spacial score (nSPS) is 19.0. The number of carbonyl (C=O) groups is 1. The standard InChI is InChI=1S/C18H25N5O3S/c24-18(21-9-2-1-3-10-21)8-13-23-17-7-6-15(14-16(17)19-20-23)27(25,26)22-11-4-5-12-22/h6-7,14H,1-5,8-13H2. The first-order valence-corrected chi connectivity index (χ1v) is 11.1. The number of aryl methyl sites for hydroxylation is 1. The molecule has 0 bridgehead atoms. The Morgan fingerprint density at radius 2 is 1.70 bits per heavy atom. The maximum Gasteiger partial charge on any atom is 0.243 e. The van der Waals surface area contributed by atoms with Crippen molar-refractivity contribution in [2.24, 2.45) is 0 Å². The van der Waals surface area contributed by atoms with Crippen molar-refractivity contribution in [2.45, 2.75) is 50.0 Å². The van der Waals surface area contributed by atoms with E-state index < -0.39 is 10.0 Å². The van der Waals surface area contributed by atoms with Gasteiger partial charge in [0.15, 0.2) is 0 Å². The third kappa shape index (κ3) is 3.70. The predicted octanol–water partition coefficient (Wildman–Crippen LogP) is 1.62. The molecule has 2 fully saturated rings. The first kappa shape index (κ1) is 18.4. The van der Waals surface area contributed by atoms with Crippen molar-refractivity contribution in [3.8, 4) is 0 Å². The van der Waals surface area contributed by atoms with Crippen LogP contribution < -0.4 is 0 Å². The van der Waals surface area contributed by atoms with Crippen molar-refractivity contribution >= 4 is 27.0 Å². The largest absolute Gasteiger partial charge is 0.343 e. The number of nitrogens with zero attached hydrogens (tertiary/aromatic N) is 5. The lowest BCUT2D eigenvalue weighted by atomic mass is 10.1. The van der Waals surface area contributed by atoms with Crippen LogP contribution >= 0.6 is 0 Å². The molecule has 9 heteroatoms. The molecule has 2 aromatic rings. The van der Waals surface area contributed by atoms with E-state index in [1.165, 1.54) is 10.7 Å². The average Bonchev–Trinajstić information content (AvgIpc) is 3.37. The number of amides is 1. The molecule has 146 valence electrons. The number of likely N-dealkylation sites (tertiary alicyclic amines) is 1. The summed E-state index contributed by atoms with van der Waals surface area (Å²) in [5.41, 5.74) is 1.29. The van der Waals surface area contributed by atoms with Crippen LogP contribution in [0, 0.1) is 0 Å². The van der Waals surface area contributed by atoms with E-state index in [0.29, 0.717) is 31.6 Å². The molecule has 0 radical (unpaired) electrons. The van der Waals surface area contributed by atoms with Crippen LogP contribution in [0.4, 0.5) is 0 Å². The van der Waals surface area contributed by atoms with Crippen LogP contribution in [0.1, 0.15) is 38.5 Å². The van der Waals surface area contributed by atoms with E-state index in [2.05, 4.69) is 10.3 Å². The van der Waals surface area contributed by atoms with Gasteiger partial charge in [-0.25, -0.2) is 13.1 Å². The van der Waals surface area contributed by atoms with E-state index in [-0.39, 0.29) is 10.8 Å². The molecule has 1 aromatic carbocycles. The fourth-order valence-corrected chi connectivity index (χ4v) is 5.40. The predicted molar refractivity (Wildman–Crippen MR) is 101 cm³/mol. The average molecular weight is 391 g/mol. The monoisotopic (exact) mass is 391 g/mol. The van der Waals surface area contributed by atoms with Gasteiger partial charge < -0.3 is 4.90 Å². The van der Waals surface area contributed by atoms with Crippen molar-refractivity contribution in [3.05, 3.63) is 18.2 Å². The first-order valence-electron chi connectivity index (χ1n) is 9.67. The van der Waals surface area contributed by atoms with Gasteiger partial charge in [0, 0.05) is 32.6 Å². The molecular formula is C18H25N5O3S. The van der Waals surface area contributed by atoms with Gasteiger partial charge in [0.2, 0.25) is 15.9 Å². The molecule has 1 aromatic heterocycles. The molecule has 0 N–H and O–H groups in total. The summed E-state index contributed by atoms with van der Waals surface area (Å²) >= 11 is 0. The lowest BCUT2D eigenvalue weighted by Gasteiger charge is -2.26. The molecule has 27 heavy (non-hydrogen) atoms. The highest BCUT2D eigenvalue weighted by molar-refractivity contribution is 7.89. The van der Waals surface area contributed by atoms with E-state index in [9.17, 15) is 13.2 Å². The van der Waals surface area contributed by atoms with Gasteiger partial charge in [0.05, 0.1) is 17.0 Å². The second-order valence-corrected chi connectivity index (χ2v) is 9.20. The van der Waals surface area contributed by atoms with Crippen LogP contribution in [-0.4, -0.2) is 64.7 Å². The van der Waals surface area contributed by atoms with Crippen LogP contribution in [0.15, 0.2) is 23.1 Å². The topological polar surface area (TPSA) is 88.4 Å². The van der Waals surface area contributed by atoms with Gasteiger partial charge in [-0.3, -0.25) is 4.79 Å². The van der Waals surface area contributed by atoms with Gasteiger partial charge in [-0.15, -0.1) is 5.10 Å². The zero-order valence-electron chi connectivity index (χ0n) is 15.4. The third-order valence-electron chi connectivity index (χ3n) is 5.43. The Morgan fingerprint density at radius 1 is 1.00 bits per heavy atom. The number of hydrogen-bond acceptors (Lipinski definition) is 5. The zero-order chi connectivity index (χ0) is 18.9. The Kier molecular flexibility index (Phi) is 5.14. The second kappa shape index (κ2) is 7.55. The molecule has 0 saturated carbocycles. The van der Waals surface area contributed by atoms with Gasteiger partial charge in [-0.2, -0.15) is 4.31 Å². The minimum atomic E-state index is -3.47. The van der Waals surface area contributed by atoms with E-state index in [1.807, 2.05) is 4.90 Å². The first-order chi connectivity index (χ1) is 13.1. The smallest absolute Gasteiger partial charge is 0.243 e. The lowest BCUT2D eigenvalue weighted by molar-refractivity contribution is -0.132. The Balaban J connectivity index is 1.48. The Bertz CT molecular complexity index is 928. The number of aromatic nitrogens is 3. The molecule has 1 amide bonds. The van der Waals surface area contributed by atoms with Crippen LogP contribution in [0.5, 0.6) is 0 Å². The van der Waals surface area contributed by atoms with Crippen LogP contribution in [0.3, 0.4) is 0 Å². The fourth-order valence-electron chi connectivity index (χ4n) is 3.86. The van der Waals surface area contributed by atoms with Crippen molar-refractivity contribution in [1.82, 2.24) is 24.2 Å². The van der Waals surface area contributed by atoms with Gasteiger partial charge in [-0.05, 0) is 50.3 Å². The summed E-state index contributed by atoms with van der Waals surface area (Å²) in [6, 6.07) is 4.94. The molecule has 0 unspecified atom stereocenters. The van der Waals surface area contributed by atoms with Gasteiger partial charge in [0.25, 0.3) is 0 Å². The van der Waals surface area contributed by atoms with Crippen molar-refractivity contribution in [1.29, 1.82) is 0 Å². The van der Waals surface area contributed by atoms with Crippen LogP contribution in [0.25, 0.3) is 11.0 Å². The molecule has 0 aliphatic carbocycles. The maximum atomic E-state index is 12.7. The molecular weight excluding hydrogens is 366 g/mol. The fraction of sp³-hybridized carbons (Fsp3) is 0.611. The Hall–Kier alpha value is -2.00. The van der Waals surface area contributed by atoms with Crippen LogP contribution in [-0.2, 0) is 21.4 Å². The van der Waals surface area contributed by atoms with Crippen LogP contribution in [0.2, 0.25) is 0 Å². The minimum Gasteiger partial charge on any atom is -0.343 e. The summed E-state index contributed by atoms with van der Waals surface area (Å²) < 4.78 is 28.6. The second-order valence-electron chi connectivity index (χ2n) is 7.27. The van der Waals surface area contributed by atoms with Crippen molar-refractivity contribution < 1.29 is 13.2 Å². The summed E-state index contributed by atoms with van der Waals surface area (Å²) in [7, 11) is -3.47. The third-order valence-corrected chi connectivity index (χ3v) is 7.33. The highest BCUT2D eigenvalue weighted by Gasteiger charge is 2.27. The van der Waals surface area contributed by atoms with Gasteiger partial charge in [0.1, 0.15) is 5.52 Å². The highest BCUT2D eigenvalue weighted by Crippen LogP contribution is 2.23. The molecule has 2 aliphatic rings. The van der Waals surface area contributed by atoms with Gasteiger partial charge >= 0.3 is 0 Å². The molecule has 8 nitrogen and oxygen atoms in total. The molecule has 0 spiro atoms. The zero-order valence-corrected chi connectivity index (χ0v) is 16.2. The van der Waals surface area contributed by atoms with Crippen molar-refractivity contribution in [3.63, 3.8) is 0 Å². The number of benzene rings is 1. The minimum absolute atomic E-state index is 0.145. The molecule has 4 rings (SSSR count). The van der Waals surface area contributed by atoms with Gasteiger partial charge in [-0.1, -0.05) is 5.21 Å². The summed E-state index contributed by atoms with van der Waals surface area (Å²) in [6.45, 7) is 3.28. The molecule has 2 saturated heterocycles. The molecule has 0 atom stereocenters. The molecule has 3 heterocycles. The van der Waals surface area contributed by atoms with E-state index >= 15 is 0 Å².